The molecule has 1 aromatic heterocycles. The van der Waals surface area contributed by atoms with E-state index in [9.17, 15) is 0 Å². The first-order valence-corrected chi connectivity index (χ1v) is 8.90. The molecule has 0 saturated carbocycles. The lowest BCUT2D eigenvalue weighted by Gasteiger charge is -2.35. The van der Waals surface area contributed by atoms with Crippen LogP contribution in [-0.2, 0) is 6.42 Å². The molecule has 0 aromatic carbocycles. The summed E-state index contributed by atoms with van der Waals surface area (Å²) in [6.45, 7) is 5.41. The van der Waals surface area contributed by atoms with Gasteiger partial charge in [-0.15, -0.1) is 11.3 Å². The molecule has 2 heterocycles. The topological polar surface area (TPSA) is 24.4 Å². The molecular weight excluding hydrogens is 328 g/mol. The van der Waals surface area contributed by atoms with Crippen molar-refractivity contribution in [2.24, 2.45) is 4.99 Å². The molecule has 0 spiro atoms. The molecule has 0 radical (unpaired) electrons. The lowest BCUT2D eigenvalue weighted by Crippen LogP contribution is -2.48. The summed E-state index contributed by atoms with van der Waals surface area (Å²) in [5.41, 5.74) is 0.246. The number of hydrogen-bond donors (Lipinski definition) is 1. The third-order valence-corrected chi connectivity index (χ3v) is 5.92. The van der Waals surface area contributed by atoms with Crippen molar-refractivity contribution in [3.63, 3.8) is 0 Å². The number of halogens is 1. The highest BCUT2D eigenvalue weighted by molar-refractivity contribution is 9.11. The van der Waals surface area contributed by atoms with Crippen LogP contribution in [0.1, 0.15) is 31.6 Å². The number of nitrogens with one attached hydrogen (secondary N) is 1. The van der Waals surface area contributed by atoms with Gasteiger partial charge in [-0.3, -0.25) is 4.99 Å². The first-order valence-electron chi connectivity index (χ1n) is 6.31. The standard InChI is InChI=1S/C13H19BrN2S2/c1-3-13(2)7-9-17-12(16-13)15-8-6-10-4-5-11(14)18-10/h4-5H,3,6-9H2,1-2H3,(H,15,16). The maximum absolute atomic E-state index is 4.69. The largest absolute Gasteiger partial charge is 0.360 e. The zero-order chi connectivity index (χ0) is 13.0. The molecule has 18 heavy (non-hydrogen) atoms. The number of nitrogens with zero attached hydrogens (tertiary/aromatic N) is 1. The maximum atomic E-state index is 4.69. The van der Waals surface area contributed by atoms with Crippen LogP contribution < -0.4 is 5.32 Å². The Morgan fingerprint density at radius 3 is 3.00 bits per heavy atom. The molecule has 1 saturated heterocycles. The Labute approximate surface area is 126 Å². The summed E-state index contributed by atoms with van der Waals surface area (Å²) in [6.07, 6.45) is 3.42. The van der Waals surface area contributed by atoms with E-state index in [4.69, 9.17) is 4.99 Å². The Balaban J connectivity index is 1.85. The predicted octanol–water partition coefficient (Wildman–Crippen LogP) is 4.30. The molecule has 1 aromatic rings. The van der Waals surface area contributed by atoms with E-state index < -0.39 is 0 Å². The fourth-order valence-electron chi connectivity index (χ4n) is 1.83. The molecule has 0 amide bonds. The number of rotatable bonds is 4. The van der Waals surface area contributed by atoms with Gasteiger partial charge in [0.05, 0.1) is 3.79 Å². The molecule has 1 atom stereocenters. The molecule has 0 bridgehead atoms. The second-order valence-corrected chi connectivity index (χ2v) is 8.41. The molecule has 0 aliphatic carbocycles. The average Bonchev–Trinajstić information content (AvgIpc) is 2.75. The highest BCUT2D eigenvalue weighted by Crippen LogP contribution is 2.25. The Bertz CT molecular complexity index is 430. The van der Waals surface area contributed by atoms with Crippen LogP contribution in [0.2, 0.25) is 0 Å². The van der Waals surface area contributed by atoms with Gasteiger partial charge in [0.15, 0.2) is 5.17 Å². The summed E-state index contributed by atoms with van der Waals surface area (Å²) in [6, 6.07) is 4.28. The number of aliphatic imine (C=N–C) groups is 1. The van der Waals surface area contributed by atoms with E-state index in [1.807, 2.05) is 11.8 Å². The van der Waals surface area contributed by atoms with Crippen LogP contribution in [0, 0.1) is 0 Å². The van der Waals surface area contributed by atoms with E-state index in [-0.39, 0.29) is 5.54 Å². The van der Waals surface area contributed by atoms with Crippen molar-refractivity contribution in [1.82, 2.24) is 5.32 Å². The van der Waals surface area contributed by atoms with Crippen LogP contribution in [0.4, 0.5) is 0 Å². The second-order valence-electron chi connectivity index (χ2n) is 4.78. The minimum atomic E-state index is 0.246. The molecule has 1 N–H and O–H groups in total. The number of thiophene rings is 1. The van der Waals surface area contributed by atoms with Crippen molar-refractivity contribution in [3.8, 4) is 0 Å². The van der Waals surface area contributed by atoms with Crippen LogP contribution in [0.25, 0.3) is 0 Å². The molecule has 1 aliphatic rings. The molecular formula is C13H19BrN2S2. The van der Waals surface area contributed by atoms with Gasteiger partial charge in [0, 0.05) is 29.1 Å². The lowest BCUT2D eigenvalue weighted by molar-refractivity contribution is 0.390. The number of thioether (sulfide) groups is 1. The maximum Gasteiger partial charge on any atom is 0.156 e. The number of hydrogen-bond acceptors (Lipinski definition) is 3. The quantitative estimate of drug-likeness (QED) is 0.878. The van der Waals surface area contributed by atoms with Crippen molar-refractivity contribution in [3.05, 3.63) is 20.8 Å². The first-order chi connectivity index (χ1) is 8.61. The first kappa shape index (κ1) is 14.4. The Hall–Kier alpha value is -0.0000000000000000278. The fraction of sp³-hybridized carbons (Fsp3) is 0.615. The van der Waals surface area contributed by atoms with Crippen molar-refractivity contribution in [2.45, 2.75) is 38.6 Å². The van der Waals surface area contributed by atoms with Crippen LogP contribution >= 0.6 is 39.0 Å². The van der Waals surface area contributed by atoms with Gasteiger partial charge >= 0.3 is 0 Å². The van der Waals surface area contributed by atoms with E-state index in [2.05, 4.69) is 47.2 Å². The van der Waals surface area contributed by atoms with Crippen LogP contribution in [0.5, 0.6) is 0 Å². The fourth-order valence-corrected chi connectivity index (χ4v) is 4.55. The van der Waals surface area contributed by atoms with Crippen LogP contribution in [0.15, 0.2) is 20.9 Å². The van der Waals surface area contributed by atoms with E-state index in [0.29, 0.717) is 0 Å². The number of amidine groups is 1. The summed E-state index contributed by atoms with van der Waals surface area (Å²) in [4.78, 5) is 6.08. The van der Waals surface area contributed by atoms with E-state index >= 15 is 0 Å². The van der Waals surface area contributed by atoms with Gasteiger partial charge < -0.3 is 5.32 Å². The van der Waals surface area contributed by atoms with Gasteiger partial charge in [-0.25, -0.2) is 0 Å². The Kier molecular flexibility index (Phi) is 5.15. The summed E-state index contributed by atoms with van der Waals surface area (Å²) in [5, 5.41) is 4.70. The van der Waals surface area contributed by atoms with Gasteiger partial charge in [0.1, 0.15) is 0 Å². The minimum Gasteiger partial charge on any atom is -0.360 e. The zero-order valence-electron chi connectivity index (χ0n) is 10.8. The van der Waals surface area contributed by atoms with Gasteiger partial charge in [-0.2, -0.15) is 0 Å². The van der Waals surface area contributed by atoms with Crippen molar-refractivity contribution in [1.29, 1.82) is 0 Å². The predicted molar refractivity (Wildman–Crippen MR) is 86.9 cm³/mol. The van der Waals surface area contributed by atoms with E-state index in [1.54, 1.807) is 11.3 Å². The lowest BCUT2D eigenvalue weighted by atomic mass is 9.96. The van der Waals surface area contributed by atoms with Crippen molar-refractivity contribution < 1.29 is 0 Å². The van der Waals surface area contributed by atoms with Gasteiger partial charge in [0.25, 0.3) is 0 Å². The van der Waals surface area contributed by atoms with Crippen molar-refractivity contribution in [2.75, 3.05) is 12.3 Å². The highest BCUT2D eigenvalue weighted by atomic mass is 79.9. The molecule has 1 aliphatic heterocycles. The molecule has 100 valence electrons. The van der Waals surface area contributed by atoms with E-state index in [1.165, 1.54) is 20.8 Å². The smallest absolute Gasteiger partial charge is 0.156 e. The Morgan fingerprint density at radius 1 is 1.50 bits per heavy atom. The van der Waals surface area contributed by atoms with Gasteiger partial charge in [0.2, 0.25) is 0 Å². The minimum absolute atomic E-state index is 0.246. The second kappa shape index (κ2) is 6.44. The molecule has 1 fully saturated rings. The SMILES string of the molecule is CCC1(C)CCSC(=NCCc2ccc(Br)s2)N1. The normalized spacial score (nSPS) is 26.3. The monoisotopic (exact) mass is 346 g/mol. The summed E-state index contributed by atoms with van der Waals surface area (Å²) < 4.78 is 1.20. The zero-order valence-corrected chi connectivity index (χ0v) is 14.1. The summed E-state index contributed by atoms with van der Waals surface area (Å²) in [7, 11) is 0. The summed E-state index contributed by atoms with van der Waals surface area (Å²) in [5.74, 6) is 1.18. The van der Waals surface area contributed by atoms with Crippen molar-refractivity contribution >= 4 is 44.2 Å². The third-order valence-electron chi connectivity index (χ3n) is 3.32. The average molecular weight is 347 g/mol. The highest BCUT2D eigenvalue weighted by Gasteiger charge is 2.27. The molecule has 2 rings (SSSR count). The Morgan fingerprint density at radius 2 is 2.33 bits per heavy atom. The van der Waals surface area contributed by atoms with E-state index in [0.717, 1.165) is 24.6 Å². The van der Waals surface area contributed by atoms with Crippen LogP contribution in [0.3, 0.4) is 0 Å². The van der Waals surface area contributed by atoms with Crippen LogP contribution in [-0.4, -0.2) is 23.0 Å². The molecule has 1 unspecified atom stereocenters. The molecule has 2 nitrogen and oxygen atoms in total. The summed E-state index contributed by atoms with van der Waals surface area (Å²) >= 11 is 7.14. The third kappa shape index (κ3) is 4.00. The molecule has 5 heteroatoms. The van der Waals surface area contributed by atoms with Gasteiger partial charge in [-0.05, 0) is 47.8 Å². The van der Waals surface area contributed by atoms with Gasteiger partial charge in [-0.1, -0.05) is 18.7 Å².